The van der Waals surface area contributed by atoms with Gasteiger partial charge in [-0.1, -0.05) is 6.07 Å². The minimum atomic E-state index is 0.571. The molecule has 1 heterocycles. The first-order valence-corrected chi connectivity index (χ1v) is 5.54. The number of ether oxygens (including phenoxy) is 1. The Kier molecular flexibility index (Phi) is 3.00. The molecule has 0 unspecified atom stereocenters. The third-order valence-electron chi connectivity index (χ3n) is 2.52. The van der Waals surface area contributed by atoms with Crippen LogP contribution < -0.4 is 10.5 Å². The van der Waals surface area contributed by atoms with Crippen molar-refractivity contribution in [2.45, 2.75) is 20.8 Å². The zero-order valence-corrected chi connectivity index (χ0v) is 10.3. The number of aryl methyl sites for hydroxylation is 3. The van der Waals surface area contributed by atoms with E-state index in [1.165, 1.54) is 11.1 Å². The van der Waals surface area contributed by atoms with E-state index in [9.17, 15) is 0 Å². The van der Waals surface area contributed by atoms with E-state index in [4.69, 9.17) is 10.5 Å². The summed E-state index contributed by atoms with van der Waals surface area (Å²) in [6.07, 6.45) is 0. The van der Waals surface area contributed by atoms with Crippen molar-refractivity contribution < 1.29 is 4.74 Å². The lowest BCUT2D eigenvalue weighted by atomic mass is 10.1. The summed E-state index contributed by atoms with van der Waals surface area (Å²) < 4.78 is 5.71. The molecule has 0 saturated heterocycles. The number of nitrogens with zero attached hydrogens (tertiary/aromatic N) is 1. The van der Waals surface area contributed by atoms with Gasteiger partial charge in [0.15, 0.2) is 0 Å². The molecule has 0 amide bonds. The van der Waals surface area contributed by atoms with Gasteiger partial charge in [-0.15, -0.1) is 0 Å². The molecule has 3 nitrogen and oxygen atoms in total. The van der Waals surface area contributed by atoms with E-state index in [0.717, 1.165) is 11.4 Å². The smallest absolute Gasteiger partial charge is 0.219 e. The number of hydrogen-bond donors (Lipinski definition) is 1. The fourth-order valence-electron chi connectivity index (χ4n) is 1.72. The molecule has 0 saturated carbocycles. The maximum absolute atomic E-state index is 5.71. The molecule has 3 heteroatoms. The van der Waals surface area contributed by atoms with Crippen LogP contribution in [0.2, 0.25) is 0 Å². The molecule has 88 valence electrons. The average Bonchev–Trinajstić information content (AvgIpc) is 2.22. The fraction of sp³-hybridized carbons (Fsp3) is 0.214. The molecule has 0 spiro atoms. The van der Waals surface area contributed by atoms with Gasteiger partial charge in [0, 0.05) is 6.07 Å². The highest BCUT2D eigenvalue weighted by molar-refractivity contribution is 5.44. The van der Waals surface area contributed by atoms with E-state index in [1.807, 2.05) is 32.9 Å². The van der Waals surface area contributed by atoms with Crippen LogP contribution in [0.1, 0.15) is 16.8 Å². The monoisotopic (exact) mass is 228 g/mol. The molecule has 1 aromatic carbocycles. The largest absolute Gasteiger partial charge is 0.439 e. The number of aromatic nitrogens is 1. The van der Waals surface area contributed by atoms with Gasteiger partial charge in [-0.25, -0.2) is 4.98 Å². The van der Waals surface area contributed by atoms with E-state index in [-0.39, 0.29) is 0 Å². The molecule has 0 aliphatic heterocycles. The number of nitrogen functional groups attached to an aromatic ring is 1. The maximum Gasteiger partial charge on any atom is 0.219 e. The van der Waals surface area contributed by atoms with Gasteiger partial charge in [-0.2, -0.15) is 0 Å². The molecule has 2 N–H and O–H groups in total. The molecular weight excluding hydrogens is 212 g/mol. The molecule has 0 bridgehead atoms. The average molecular weight is 228 g/mol. The molecular formula is C14H16N2O. The van der Waals surface area contributed by atoms with E-state index < -0.39 is 0 Å². The lowest BCUT2D eigenvalue weighted by Crippen LogP contribution is -1.95. The Morgan fingerprint density at radius 2 is 1.65 bits per heavy atom. The minimum Gasteiger partial charge on any atom is -0.439 e. The Balaban J connectivity index is 2.28. The summed E-state index contributed by atoms with van der Waals surface area (Å²) in [5.41, 5.74) is 9.52. The normalized spacial score (nSPS) is 10.3. The lowest BCUT2D eigenvalue weighted by Gasteiger charge is -2.08. The first-order chi connectivity index (χ1) is 8.04. The number of hydrogen-bond acceptors (Lipinski definition) is 3. The topological polar surface area (TPSA) is 48.1 Å². The summed E-state index contributed by atoms with van der Waals surface area (Å²) in [6, 6.07) is 9.66. The molecule has 0 aliphatic carbocycles. The van der Waals surface area contributed by atoms with Crippen molar-refractivity contribution in [2.24, 2.45) is 0 Å². The van der Waals surface area contributed by atoms with E-state index in [1.54, 1.807) is 12.1 Å². The molecule has 0 radical (unpaired) electrons. The standard InChI is InChI=1S/C14H16N2O/c1-9-6-10(2)8-12(7-9)17-14-5-4-13(15)11(3)16-14/h4-8H,15H2,1-3H3. The Labute approximate surface area is 101 Å². The first kappa shape index (κ1) is 11.5. The van der Waals surface area contributed by atoms with Crippen molar-refractivity contribution in [3.63, 3.8) is 0 Å². The van der Waals surface area contributed by atoms with Crippen molar-refractivity contribution in [2.75, 3.05) is 5.73 Å². The Morgan fingerprint density at radius 3 is 2.24 bits per heavy atom. The summed E-state index contributed by atoms with van der Waals surface area (Å²) in [7, 11) is 0. The Morgan fingerprint density at radius 1 is 1.00 bits per heavy atom. The van der Waals surface area contributed by atoms with E-state index in [0.29, 0.717) is 11.6 Å². The van der Waals surface area contributed by atoms with Crippen LogP contribution in [0.4, 0.5) is 5.69 Å². The van der Waals surface area contributed by atoms with Gasteiger partial charge in [-0.05, 0) is 50.1 Å². The van der Waals surface area contributed by atoms with Gasteiger partial charge < -0.3 is 10.5 Å². The highest BCUT2D eigenvalue weighted by Crippen LogP contribution is 2.23. The van der Waals surface area contributed by atoms with Gasteiger partial charge in [0.25, 0.3) is 0 Å². The summed E-state index contributed by atoms with van der Waals surface area (Å²) in [4.78, 5) is 4.28. The number of rotatable bonds is 2. The second-order valence-electron chi connectivity index (χ2n) is 4.25. The van der Waals surface area contributed by atoms with Gasteiger partial charge >= 0.3 is 0 Å². The van der Waals surface area contributed by atoms with Crippen molar-refractivity contribution in [3.8, 4) is 11.6 Å². The van der Waals surface area contributed by atoms with Crippen molar-refractivity contribution in [1.29, 1.82) is 0 Å². The first-order valence-electron chi connectivity index (χ1n) is 5.54. The molecule has 0 aliphatic rings. The molecule has 0 atom stereocenters. The summed E-state index contributed by atoms with van der Waals surface area (Å²) >= 11 is 0. The quantitative estimate of drug-likeness (QED) is 0.857. The zero-order chi connectivity index (χ0) is 12.4. The SMILES string of the molecule is Cc1cc(C)cc(Oc2ccc(N)c(C)n2)c1. The highest BCUT2D eigenvalue weighted by atomic mass is 16.5. The molecule has 17 heavy (non-hydrogen) atoms. The number of anilines is 1. The molecule has 2 rings (SSSR count). The van der Waals surface area contributed by atoms with Gasteiger partial charge in [0.05, 0.1) is 11.4 Å². The van der Waals surface area contributed by atoms with Crippen molar-refractivity contribution in [1.82, 2.24) is 4.98 Å². The van der Waals surface area contributed by atoms with Gasteiger partial charge in [-0.3, -0.25) is 0 Å². The van der Waals surface area contributed by atoms with Crippen LogP contribution in [0.5, 0.6) is 11.6 Å². The number of pyridine rings is 1. The highest BCUT2D eigenvalue weighted by Gasteiger charge is 2.02. The predicted octanol–water partition coefficient (Wildman–Crippen LogP) is 3.38. The summed E-state index contributed by atoms with van der Waals surface area (Å²) in [6.45, 7) is 5.95. The molecule has 2 aromatic rings. The van der Waals surface area contributed by atoms with Crippen LogP contribution in [0.15, 0.2) is 30.3 Å². The third kappa shape index (κ3) is 2.75. The zero-order valence-electron chi connectivity index (χ0n) is 10.3. The predicted molar refractivity (Wildman–Crippen MR) is 69.4 cm³/mol. The van der Waals surface area contributed by atoms with Crippen LogP contribution in [0.3, 0.4) is 0 Å². The number of benzene rings is 1. The van der Waals surface area contributed by atoms with Crippen molar-refractivity contribution in [3.05, 3.63) is 47.2 Å². The summed E-state index contributed by atoms with van der Waals surface area (Å²) in [5, 5.41) is 0. The maximum atomic E-state index is 5.71. The number of nitrogens with two attached hydrogens (primary N) is 1. The van der Waals surface area contributed by atoms with Gasteiger partial charge in [0.2, 0.25) is 5.88 Å². The Bertz CT molecular complexity index is 530. The second-order valence-corrected chi connectivity index (χ2v) is 4.25. The van der Waals surface area contributed by atoms with E-state index in [2.05, 4.69) is 11.1 Å². The second kappa shape index (κ2) is 4.45. The van der Waals surface area contributed by atoms with Crippen LogP contribution in [0, 0.1) is 20.8 Å². The Hall–Kier alpha value is -2.03. The molecule has 0 fully saturated rings. The lowest BCUT2D eigenvalue weighted by molar-refractivity contribution is 0.461. The van der Waals surface area contributed by atoms with Gasteiger partial charge in [0.1, 0.15) is 5.75 Å². The van der Waals surface area contributed by atoms with Crippen LogP contribution in [0.25, 0.3) is 0 Å². The minimum absolute atomic E-state index is 0.571. The summed E-state index contributed by atoms with van der Waals surface area (Å²) in [5.74, 6) is 1.38. The molecule has 1 aromatic heterocycles. The van der Waals surface area contributed by atoms with E-state index >= 15 is 0 Å². The van der Waals surface area contributed by atoms with Crippen LogP contribution in [-0.4, -0.2) is 4.98 Å². The van der Waals surface area contributed by atoms with Crippen LogP contribution >= 0.6 is 0 Å². The fourth-order valence-corrected chi connectivity index (χ4v) is 1.72. The third-order valence-corrected chi connectivity index (χ3v) is 2.52. The van der Waals surface area contributed by atoms with Crippen LogP contribution in [-0.2, 0) is 0 Å². The van der Waals surface area contributed by atoms with Crippen molar-refractivity contribution >= 4 is 5.69 Å².